The summed E-state index contributed by atoms with van der Waals surface area (Å²) >= 11 is 0. The Morgan fingerprint density at radius 2 is 1.00 bits per heavy atom. The Bertz CT molecular complexity index is 893. The van der Waals surface area contributed by atoms with Crippen molar-refractivity contribution in [3.63, 3.8) is 0 Å². The van der Waals surface area contributed by atoms with Crippen LogP contribution in [0.5, 0.6) is 0 Å². The molecule has 0 amide bonds. The molecule has 0 spiro atoms. The average Bonchev–Trinajstić information content (AvgIpc) is 2.85. The first-order valence-electron chi connectivity index (χ1n) is 10.4. The number of rotatable bonds is 12. The van der Waals surface area contributed by atoms with Gasteiger partial charge in [0.1, 0.15) is 13.2 Å². The molecule has 0 aromatic heterocycles. The molecule has 0 aliphatic rings. The van der Waals surface area contributed by atoms with Crippen molar-refractivity contribution >= 4 is 37.3 Å². The standard InChI is InChI=1S/2C11H15O5P.Zn/c2*12-7-8-16-11(13)6-9-17(14,15)10-4-2-1-3-5-10;/h2*1-5,12H,6-9H2,(H,14,15);/q;;+2/p-2. The summed E-state index contributed by atoms with van der Waals surface area (Å²) < 4.78 is 32.7. The van der Waals surface area contributed by atoms with Crippen LogP contribution in [0.25, 0.3) is 0 Å². The van der Waals surface area contributed by atoms with E-state index in [0.29, 0.717) is 0 Å². The molecule has 0 aliphatic heterocycles. The fourth-order valence-corrected chi connectivity index (χ4v) is 5.23. The molecule has 2 unspecified atom stereocenters. The molecular formula is C22H28O10P2Zn. The second kappa shape index (κ2) is 17.7. The van der Waals surface area contributed by atoms with Crippen molar-refractivity contribution in [1.29, 1.82) is 0 Å². The van der Waals surface area contributed by atoms with Gasteiger partial charge >= 0.3 is 31.4 Å². The molecule has 2 atom stereocenters. The van der Waals surface area contributed by atoms with Gasteiger partial charge in [-0.15, -0.1) is 0 Å². The zero-order chi connectivity index (χ0) is 25.5. The van der Waals surface area contributed by atoms with Gasteiger partial charge in [0, 0.05) is 27.1 Å². The third-order valence-corrected chi connectivity index (χ3v) is 8.02. The van der Waals surface area contributed by atoms with Crippen molar-refractivity contribution in [2.24, 2.45) is 0 Å². The van der Waals surface area contributed by atoms with E-state index in [-0.39, 0.29) is 81.7 Å². The van der Waals surface area contributed by atoms with Crippen LogP contribution in [0.2, 0.25) is 0 Å². The molecule has 2 rings (SSSR count). The van der Waals surface area contributed by atoms with Gasteiger partial charge in [0.2, 0.25) is 0 Å². The summed E-state index contributed by atoms with van der Waals surface area (Å²) in [6.45, 7) is -0.737. The van der Waals surface area contributed by atoms with Crippen molar-refractivity contribution in [1.82, 2.24) is 0 Å². The van der Waals surface area contributed by atoms with Crippen LogP contribution in [0, 0.1) is 0 Å². The molecule has 0 saturated carbocycles. The predicted molar refractivity (Wildman–Crippen MR) is 122 cm³/mol. The van der Waals surface area contributed by atoms with Gasteiger partial charge in [-0.3, -0.25) is 9.59 Å². The average molecular weight is 580 g/mol. The fourth-order valence-electron chi connectivity index (χ4n) is 2.51. The Morgan fingerprint density at radius 1 is 0.686 bits per heavy atom. The summed E-state index contributed by atoms with van der Waals surface area (Å²) in [5.74, 6) is -1.24. The van der Waals surface area contributed by atoms with Gasteiger partial charge < -0.3 is 38.6 Å². The molecule has 13 heteroatoms. The summed E-state index contributed by atoms with van der Waals surface area (Å²) in [6.07, 6.45) is -0.923. The summed E-state index contributed by atoms with van der Waals surface area (Å²) in [4.78, 5) is 45.7. The molecule has 0 saturated heterocycles. The normalized spacial score (nSPS) is 13.6. The number of carbonyl (C=O) groups is 2. The summed E-state index contributed by atoms with van der Waals surface area (Å²) in [7, 11) is -7.49. The zero-order valence-electron chi connectivity index (χ0n) is 19.2. The number of hydrogen-bond acceptors (Lipinski definition) is 10. The van der Waals surface area contributed by atoms with Gasteiger partial charge in [-0.2, -0.15) is 0 Å². The smallest absolute Gasteiger partial charge is 0.796 e. The van der Waals surface area contributed by atoms with E-state index in [1.807, 2.05) is 0 Å². The van der Waals surface area contributed by atoms with E-state index in [9.17, 15) is 28.5 Å². The maximum Gasteiger partial charge on any atom is 2.00 e. The Kier molecular flexibility index (Phi) is 16.8. The van der Waals surface area contributed by atoms with Crippen LogP contribution in [0.4, 0.5) is 0 Å². The van der Waals surface area contributed by atoms with Crippen molar-refractivity contribution in [2.45, 2.75) is 12.8 Å². The molecule has 2 aromatic rings. The third-order valence-electron chi connectivity index (χ3n) is 4.23. The minimum atomic E-state index is -3.74. The fraction of sp³-hybridized carbons (Fsp3) is 0.364. The maximum atomic E-state index is 11.8. The van der Waals surface area contributed by atoms with Crippen molar-refractivity contribution < 1.29 is 67.7 Å². The molecule has 0 aliphatic carbocycles. The first-order valence-corrected chi connectivity index (χ1v) is 14.0. The third kappa shape index (κ3) is 13.8. The van der Waals surface area contributed by atoms with E-state index in [0.717, 1.165) is 0 Å². The molecular weight excluding hydrogens is 552 g/mol. The maximum absolute atomic E-state index is 11.8. The number of ether oxygens (including phenoxy) is 2. The second-order valence-corrected chi connectivity index (χ2v) is 11.5. The van der Waals surface area contributed by atoms with Crippen LogP contribution in [-0.2, 0) is 47.7 Å². The van der Waals surface area contributed by atoms with Gasteiger partial charge in [0.25, 0.3) is 0 Å². The topological polar surface area (TPSA) is 173 Å². The van der Waals surface area contributed by atoms with Crippen molar-refractivity contribution in [3.8, 4) is 0 Å². The van der Waals surface area contributed by atoms with Crippen LogP contribution < -0.4 is 20.4 Å². The van der Waals surface area contributed by atoms with Gasteiger partial charge in [-0.1, -0.05) is 60.7 Å². The Morgan fingerprint density at radius 3 is 1.29 bits per heavy atom. The van der Waals surface area contributed by atoms with Gasteiger partial charge in [0.15, 0.2) is 0 Å². The number of aliphatic hydroxyl groups is 2. The molecule has 0 radical (unpaired) electrons. The van der Waals surface area contributed by atoms with E-state index < -0.39 is 26.7 Å². The van der Waals surface area contributed by atoms with Crippen LogP contribution in [-0.4, -0.2) is 60.9 Å². The monoisotopic (exact) mass is 578 g/mol. The quantitative estimate of drug-likeness (QED) is 0.194. The van der Waals surface area contributed by atoms with E-state index in [1.54, 1.807) is 36.4 Å². The zero-order valence-corrected chi connectivity index (χ0v) is 23.9. The van der Waals surface area contributed by atoms with Crippen LogP contribution in [0.1, 0.15) is 12.8 Å². The number of carbonyl (C=O) groups excluding carboxylic acids is 2. The predicted octanol–water partition coefficient (Wildman–Crippen LogP) is -0.251. The summed E-state index contributed by atoms with van der Waals surface area (Å²) in [5, 5.41) is 17.3. The van der Waals surface area contributed by atoms with Crippen LogP contribution in [0.3, 0.4) is 0 Å². The number of esters is 2. The van der Waals surface area contributed by atoms with E-state index >= 15 is 0 Å². The van der Waals surface area contributed by atoms with E-state index in [2.05, 4.69) is 9.47 Å². The molecule has 0 heterocycles. The minimum Gasteiger partial charge on any atom is -0.796 e. The Balaban J connectivity index is 0.000000642. The molecule has 10 nitrogen and oxygen atoms in total. The van der Waals surface area contributed by atoms with Gasteiger partial charge in [0.05, 0.1) is 26.1 Å². The molecule has 35 heavy (non-hydrogen) atoms. The second-order valence-electron chi connectivity index (χ2n) is 6.85. The summed E-state index contributed by atoms with van der Waals surface area (Å²) in [6, 6.07) is 15.9. The molecule has 0 bridgehead atoms. The molecule has 188 valence electrons. The van der Waals surface area contributed by atoms with E-state index in [4.69, 9.17) is 10.2 Å². The van der Waals surface area contributed by atoms with Crippen molar-refractivity contribution in [2.75, 3.05) is 38.8 Å². The number of hydrogen-bond donors (Lipinski definition) is 2. The van der Waals surface area contributed by atoms with Gasteiger partial charge in [-0.05, 0) is 10.6 Å². The Hall–Kier alpha value is -1.70. The van der Waals surface area contributed by atoms with Crippen molar-refractivity contribution in [3.05, 3.63) is 60.7 Å². The Labute approximate surface area is 217 Å². The number of benzene rings is 2. The van der Waals surface area contributed by atoms with Crippen LogP contribution >= 0.6 is 14.7 Å². The van der Waals surface area contributed by atoms with E-state index in [1.165, 1.54) is 24.3 Å². The van der Waals surface area contributed by atoms with Crippen LogP contribution in [0.15, 0.2) is 60.7 Å². The first-order chi connectivity index (χ1) is 16.1. The van der Waals surface area contributed by atoms with Gasteiger partial charge in [-0.25, -0.2) is 0 Å². The summed E-state index contributed by atoms with van der Waals surface area (Å²) in [5.41, 5.74) is 0. The molecule has 0 fully saturated rings. The molecule has 2 aromatic carbocycles. The minimum absolute atomic E-state index is 0. The SMILES string of the molecule is O=C(CCP(=O)([O-])c1ccccc1)OCCO.O=C(CCP(=O)([O-])c1ccccc1)OCCO.[Zn+2]. The molecule has 2 N–H and O–H groups in total. The number of aliphatic hydroxyl groups excluding tert-OH is 2. The first kappa shape index (κ1) is 33.3. The largest absolute Gasteiger partial charge is 2.00 e.